The van der Waals surface area contributed by atoms with Crippen LogP contribution in [0.25, 0.3) is 0 Å². The van der Waals surface area contributed by atoms with Crippen LogP contribution in [0.1, 0.15) is 84.0 Å². The Kier molecular flexibility index (Phi) is 6.92. The number of urea groups is 1. The zero-order valence-corrected chi connectivity index (χ0v) is 19.4. The Morgan fingerprint density at radius 1 is 1.10 bits per heavy atom. The lowest BCUT2D eigenvalue weighted by Crippen LogP contribution is -2.51. The molecule has 3 fully saturated rings. The largest absolute Gasteiger partial charge is 0.480 e. The summed E-state index contributed by atoms with van der Waals surface area (Å²) in [5, 5.41) is 13.2. The fourth-order valence-corrected chi connectivity index (χ4v) is 7.57. The van der Waals surface area contributed by atoms with Gasteiger partial charge in [-0.3, -0.25) is 10.1 Å². The van der Waals surface area contributed by atoms with E-state index in [2.05, 4.69) is 22.1 Å². The van der Waals surface area contributed by atoms with Crippen LogP contribution in [0.5, 0.6) is 0 Å². The zero-order chi connectivity index (χ0) is 21.1. The molecule has 3 aliphatic carbocycles. The highest BCUT2D eigenvalue weighted by molar-refractivity contribution is 8.03. The summed E-state index contributed by atoms with van der Waals surface area (Å²) in [6, 6.07) is 0.628. The Morgan fingerprint density at radius 2 is 1.77 bits per heavy atom. The minimum Gasteiger partial charge on any atom is -0.480 e. The van der Waals surface area contributed by atoms with Crippen molar-refractivity contribution >= 4 is 40.2 Å². The lowest BCUT2D eigenvalue weighted by Gasteiger charge is -2.42. The summed E-state index contributed by atoms with van der Waals surface area (Å²) in [5.41, 5.74) is 0. The van der Waals surface area contributed by atoms with Gasteiger partial charge in [-0.2, -0.15) is 0 Å². The van der Waals surface area contributed by atoms with Crippen LogP contribution in [0.15, 0.2) is 10.4 Å². The van der Waals surface area contributed by atoms with Gasteiger partial charge in [0.1, 0.15) is 4.75 Å². The van der Waals surface area contributed by atoms with Gasteiger partial charge in [0, 0.05) is 12.1 Å². The van der Waals surface area contributed by atoms with Gasteiger partial charge in [-0.25, -0.2) is 9.78 Å². The molecule has 0 aliphatic heterocycles. The van der Waals surface area contributed by atoms with E-state index in [1.807, 2.05) is 0 Å². The highest BCUT2D eigenvalue weighted by Gasteiger charge is 2.46. The number of rotatable bonds is 6. The third kappa shape index (κ3) is 4.79. The predicted molar refractivity (Wildman–Crippen MR) is 121 cm³/mol. The monoisotopic (exact) mass is 451 g/mol. The quantitative estimate of drug-likeness (QED) is 0.555. The molecule has 1 aromatic heterocycles. The highest BCUT2D eigenvalue weighted by Crippen LogP contribution is 2.49. The first-order chi connectivity index (χ1) is 14.5. The molecule has 1 aromatic rings. The van der Waals surface area contributed by atoms with Crippen molar-refractivity contribution in [2.75, 3.05) is 5.32 Å². The van der Waals surface area contributed by atoms with Gasteiger partial charge in [0.05, 0.1) is 10.4 Å². The number of nitrogens with zero attached hydrogens (tertiary/aromatic N) is 2. The van der Waals surface area contributed by atoms with Crippen LogP contribution in [0.2, 0.25) is 0 Å². The van der Waals surface area contributed by atoms with Crippen molar-refractivity contribution in [3.63, 3.8) is 0 Å². The Labute approximate surface area is 187 Å². The summed E-state index contributed by atoms with van der Waals surface area (Å²) in [5.74, 6) is 0.0110. The number of thiazole rings is 1. The molecule has 0 saturated heterocycles. The number of amides is 2. The van der Waals surface area contributed by atoms with Crippen molar-refractivity contribution in [2.24, 2.45) is 5.92 Å². The number of anilines is 1. The number of hydrogen-bond donors (Lipinski definition) is 2. The van der Waals surface area contributed by atoms with E-state index in [9.17, 15) is 14.7 Å². The van der Waals surface area contributed by atoms with Crippen molar-refractivity contribution in [3.8, 4) is 0 Å². The maximum Gasteiger partial charge on any atom is 0.324 e. The van der Waals surface area contributed by atoms with E-state index in [-0.39, 0.29) is 6.03 Å². The average Bonchev–Trinajstić information content (AvgIpc) is 3.14. The normalized spacial score (nSPS) is 26.6. The van der Waals surface area contributed by atoms with Crippen LogP contribution in [-0.4, -0.2) is 43.8 Å². The van der Waals surface area contributed by atoms with E-state index in [1.165, 1.54) is 55.2 Å². The fraction of sp³-hybridized carbons (Fsp3) is 0.773. The van der Waals surface area contributed by atoms with E-state index in [1.54, 1.807) is 6.20 Å². The minimum atomic E-state index is -0.743. The SMILES string of the molecule is C[C@H]1CC[C@H](N(C(=O)Nc2ncc(SC3(C(=O)O)CCC3)s2)C2CCCCC2)CC1. The lowest BCUT2D eigenvalue weighted by molar-refractivity contribution is -0.142. The van der Waals surface area contributed by atoms with Crippen molar-refractivity contribution in [3.05, 3.63) is 6.20 Å². The highest BCUT2D eigenvalue weighted by atomic mass is 32.2. The molecule has 0 spiro atoms. The molecule has 3 saturated carbocycles. The first-order valence-electron chi connectivity index (χ1n) is 11.4. The van der Waals surface area contributed by atoms with Crippen LogP contribution in [0, 0.1) is 5.92 Å². The second-order valence-corrected chi connectivity index (χ2v) is 12.0. The summed E-state index contributed by atoms with van der Waals surface area (Å²) in [6.45, 7) is 2.31. The van der Waals surface area contributed by atoms with Gasteiger partial charge in [-0.05, 0) is 63.7 Å². The van der Waals surface area contributed by atoms with Crippen molar-refractivity contribution in [2.45, 2.75) is 105 Å². The molecular formula is C22H33N3O3S2. The zero-order valence-electron chi connectivity index (χ0n) is 17.8. The molecule has 8 heteroatoms. The fourth-order valence-electron chi connectivity index (χ4n) is 5.08. The first kappa shape index (κ1) is 21.9. The lowest BCUT2D eigenvalue weighted by atomic mass is 9.84. The third-order valence-corrected chi connectivity index (χ3v) is 9.61. The van der Waals surface area contributed by atoms with Gasteiger partial charge in [0.25, 0.3) is 0 Å². The Hall–Kier alpha value is -1.28. The van der Waals surface area contributed by atoms with Gasteiger partial charge >= 0.3 is 12.0 Å². The molecule has 6 nitrogen and oxygen atoms in total. The summed E-state index contributed by atoms with van der Waals surface area (Å²) in [6.07, 6.45) is 14.5. The predicted octanol–water partition coefficient (Wildman–Crippen LogP) is 5.99. The molecule has 2 amide bonds. The van der Waals surface area contributed by atoms with E-state index in [0.29, 0.717) is 30.1 Å². The molecule has 0 aromatic carbocycles. The number of carboxylic acids is 1. The molecule has 166 valence electrons. The van der Waals surface area contributed by atoms with Gasteiger partial charge in [0.2, 0.25) is 0 Å². The maximum absolute atomic E-state index is 13.3. The number of thioether (sulfide) groups is 1. The smallest absolute Gasteiger partial charge is 0.324 e. The van der Waals surface area contributed by atoms with Gasteiger partial charge in [0.15, 0.2) is 5.13 Å². The third-order valence-electron chi connectivity index (χ3n) is 7.13. The number of carbonyl (C=O) groups is 2. The molecule has 4 rings (SSSR count). The van der Waals surface area contributed by atoms with Gasteiger partial charge < -0.3 is 10.0 Å². The molecule has 0 radical (unpaired) electrons. The number of nitrogens with one attached hydrogen (secondary N) is 1. The molecule has 1 heterocycles. The Morgan fingerprint density at radius 3 is 2.37 bits per heavy atom. The van der Waals surface area contributed by atoms with Crippen molar-refractivity contribution in [1.29, 1.82) is 0 Å². The van der Waals surface area contributed by atoms with Crippen molar-refractivity contribution < 1.29 is 14.7 Å². The van der Waals surface area contributed by atoms with E-state index >= 15 is 0 Å². The van der Waals surface area contributed by atoms with E-state index < -0.39 is 10.7 Å². The van der Waals surface area contributed by atoms with Crippen LogP contribution >= 0.6 is 23.1 Å². The molecule has 30 heavy (non-hydrogen) atoms. The van der Waals surface area contributed by atoms with Gasteiger partial charge in [-0.1, -0.05) is 49.3 Å². The number of hydrogen-bond acceptors (Lipinski definition) is 5. The summed E-state index contributed by atoms with van der Waals surface area (Å²) in [4.78, 5) is 31.5. The van der Waals surface area contributed by atoms with E-state index in [4.69, 9.17) is 0 Å². The molecule has 0 bridgehead atoms. The Balaban J connectivity index is 1.43. The van der Waals surface area contributed by atoms with Crippen LogP contribution in [0.4, 0.5) is 9.93 Å². The van der Waals surface area contributed by atoms with Crippen molar-refractivity contribution in [1.82, 2.24) is 9.88 Å². The molecule has 0 unspecified atom stereocenters. The molecular weight excluding hydrogens is 418 g/mol. The average molecular weight is 452 g/mol. The summed E-state index contributed by atoms with van der Waals surface area (Å²) >= 11 is 2.79. The number of carboxylic acid groups (broad SMARTS) is 1. The summed E-state index contributed by atoms with van der Waals surface area (Å²) in [7, 11) is 0. The number of carbonyl (C=O) groups excluding carboxylic acids is 1. The standard InChI is InChI=1S/C22H33N3O3S2/c1-15-8-10-17(11-9-15)25(16-6-3-2-4-7-16)21(28)24-20-23-14-18(29-20)30-22(19(26)27)12-5-13-22/h14-17H,2-13H2,1H3,(H,26,27)(H,23,24,28)/t15-,17-. The molecule has 3 aliphatic rings. The Bertz CT molecular complexity index is 751. The maximum atomic E-state index is 13.3. The number of aromatic nitrogens is 1. The minimum absolute atomic E-state index is 0.0241. The molecule has 2 N–H and O–H groups in total. The van der Waals surface area contributed by atoms with Crippen LogP contribution in [-0.2, 0) is 4.79 Å². The second-order valence-electron chi connectivity index (χ2n) is 9.28. The summed E-state index contributed by atoms with van der Waals surface area (Å²) < 4.78 is 0.156. The van der Waals surface area contributed by atoms with Gasteiger partial charge in [-0.15, -0.1) is 0 Å². The molecule has 0 atom stereocenters. The van der Waals surface area contributed by atoms with Crippen LogP contribution < -0.4 is 5.32 Å². The second kappa shape index (κ2) is 9.47. The topological polar surface area (TPSA) is 82.5 Å². The van der Waals surface area contributed by atoms with Crippen LogP contribution in [0.3, 0.4) is 0 Å². The number of aliphatic carboxylic acids is 1. The van der Waals surface area contributed by atoms with E-state index in [0.717, 1.165) is 42.2 Å². The first-order valence-corrected chi connectivity index (χ1v) is 13.1.